The second-order valence-electron chi connectivity index (χ2n) is 3.87. The second kappa shape index (κ2) is 4.82. The van der Waals surface area contributed by atoms with E-state index in [1.54, 1.807) is 0 Å². The van der Waals surface area contributed by atoms with Crippen LogP contribution in [0.2, 0.25) is 0 Å². The number of thiocarbonyl (C=S) groups is 1. The van der Waals surface area contributed by atoms with Gasteiger partial charge in [0.1, 0.15) is 0 Å². The molecule has 1 aliphatic heterocycles. The number of nitrogens with two attached hydrogens (primary N) is 1. The molecule has 0 bridgehead atoms. The number of sulfone groups is 1. The molecule has 5 nitrogen and oxygen atoms in total. The SMILES string of the molecule is NC(=S)N/N=C1\CCS(=O)(=O)c2cc(F)c(F)cc21. The van der Waals surface area contributed by atoms with Gasteiger partial charge in [0.15, 0.2) is 26.6 Å². The fraction of sp³-hybridized carbons (Fsp3) is 0.200. The number of halogens is 2. The first kappa shape index (κ1) is 13.8. The number of fused-ring (bicyclic) bond motifs is 1. The molecule has 0 spiro atoms. The number of nitrogens with zero attached hydrogens (tertiary/aromatic N) is 1. The summed E-state index contributed by atoms with van der Waals surface area (Å²) in [6.07, 6.45) is 0.0655. The van der Waals surface area contributed by atoms with Gasteiger partial charge >= 0.3 is 0 Å². The zero-order valence-corrected chi connectivity index (χ0v) is 11.1. The highest BCUT2D eigenvalue weighted by Crippen LogP contribution is 2.27. The second-order valence-corrected chi connectivity index (χ2v) is 6.38. The van der Waals surface area contributed by atoms with Crippen LogP contribution in [0.4, 0.5) is 8.78 Å². The van der Waals surface area contributed by atoms with Crippen LogP contribution in [0.5, 0.6) is 0 Å². The Bertz CT molecular complexity index is 686. The summed E-state index contributed by atoms with van der Waals surface area (Å²) in [6.45, 7) is 0. The van der Waals surface area contributed by atoms with E-state index < -0.39 is 21.5 Å². The van der Waals surface area contributed by atoms with Crippen molar-refractivity contribution in [1.82, 2.24) is 5.43 Å². The highest BCUT2D eigenvalue weighted by atomic mass is 32.2. The van der Waals surface area contributed by atoms with Gasteiger partial charge in [-0.2, -0.15) is 5.10 Å². The summed E-state index contributed by atoms with van der Waals surface area (Å²) in [5.41, 5.74) is 7.78. The van der Waals surface area contributed by atoms with Crippen LogP contribution < -0.4 is 11.2 Å². The fourth-order valence-electron chi connectivity index (χ4n) is 1.73. The molecule has 1 aromatic rings. The Hall–Kier alpha value is -1.61. The summed E-state index contributed by atoms with van der Waals surface area (Å²) in [5.74, 6) is -2.59. The number of nitrogens with one attached hydrogen (secondary N) is 1. The Balaban J connectivity index is 2.60. The topological polar surface area (TPSA) is 84.5 Å². The molecule has 19 heavy (non-hydrogen) atoms. The minimum Gasteiger partial charge on any atom is -0.375 e. The van der Waals surface area contributed by atoms with Crippen LogP contribution in [-0.2, 0) is 9.84 Å². The van der Waals surface area contributed by atoms with Gasteiger partial charge in [-0.25, -0.2) is 17.2 Å². The lowest BCUT2D eigenvalue weighted by Gasteiger charge is -2.18. The van der Waals surface area contributed by atoms with Crippen molar-refractivity contribution in [3.05, 3.63) is 29.3 Å². The summed E-state index contributed by atoms with van der Waals surface area (Å²) in [6, 6.07) is 1.47. The maximum atomic E-state index is 13.2. The van der Waals surface area contributed by atoms with Crippen molar-refractivity contribution in [3.8, 4) is 0 Å². The van der Waals surface area contributed by atoms with Gasteiger partial charge in [0.2, 0.25) is 0 Å². The maximum absolute atomic E-state index is 13.2. The predicted octanol–water partition coefficient (Wildman–Crippen LogP) is 0.679. The molecule has 3 N–H and O–H groups in total. The molecular formula is C10H9F2N3O2S2. The summed E-state index contributed by atoms with van der Waals surface area (Å²) in [4.78, 5) is -0.277. The van der Waals surface area contributed by atoms with Crippen LogP contribution >= 0.6 is 12.2 Å². The molecule has 0 radical (unpaired) electrons. The van der Waals surface area contributed by atoms with E-state index in [0.29, 0.717) is 6.07 Å². The lowest BCUT2D eigenvalue weighted by atomic mass is 10.1. The minimum absolute atomic E-state index is 0.0221. The maximum Gasteiger partial charge on any atom is 0.184 e. The third-order valence-electron chi connectivity index (χ3n) is 2.58. The Morgan fingerprint density at radius 2 is 2.00 bits per heavy atom. The minimum atomic E-state index is -3.63. The molecule has 0 saturated heterocycles. The standard InChI is InChI=1S/C10H9F2N3O2S2/c11-6-3-5-8(14-15-10(13)18)1-2-19(16,17)9(5)4-7(6)12/h3-4H,1-2H2,(H3,13,15,18)/b14-8+. The van der Waals surface area contributed by atoms with Gasteiger partial charge in [0.05, 0.1) is 16.4 Å². The molecule has 0 unspecified atom stereocenters. The Labute approximate surface area is 113 Å². The Kier molecular flexibility index (Phi) is 3.50. The van der Waals surface area contributed by atoms with Gasteiger partial charge in [-0.05, 0) is 24.4 Å². The first-order chi connectivity index (χ1) is 8.81. The molecule has 9 heteroatoms. The van der Waals surface area contributed by atoms with Gasteiger partial charge in [0.25, 0.3) is 0 Å². The van der Waals surface area contributed by atoms with Crippen LogP contribution in [0, 0.1) is 11.6 Å². The van der Waals surface area contributed by atoms with Crippen LogP contribution in [0.3, 0.4) is 0 Å². The van der Waals surface area contributed by atoms with Gasteiger partial charge in [-0.3, -0.25) is 5.43 Å². The number of benzene rings is 1. The molecule has 0 fully saturated rings. The largest absolute Gasteiger partial charge is 0.375 e. The molecule has 0 aliphatic carbocycles. The van der Waals surface area contributed by atoms with Crippen LogP contribution in [-0.4, -0.2) is 25.0 Å². The van der Waals surface area contributed by atoms with Crippen LogP contribution in [0.25, 0.3) is 0 Å². The van der Waals surface area contributed by atoms with E-state index in [2.05, 4.69) is 22.7 Å². The zero-order chi connectivity index (χ0) is 14.2. The highest BCUT2D eigenvalue weighted by Gasteiger charge is 2.29. The average Bonchev–Trinajstić information content (AvgIpc) is 2.31. The molecule has 0 aromatic heterocycles. The lowest BCUT2D eigenvalue weighted by Crippen LogP contribution is -2.29. The molecule has 0 amide bonds. The Morgan fingerprint density at radius 3 is 2.63 bits per heavy atom. The van der Waals surface area contributed by atoms with Gasteiger partial charge in [-0.1, -0.05) is 0 Å². The molecule has 1 heterocycles. The van der Waals surface area contributed by atoms with Crippen molar-refractivity contribution >= 4 is 32.9 Å². The van der Waals surface area contributed by atoms with Gasteiger partial charge in [0, 0.05) is 12.0 Å². The van der Waals surface area contributed by atoms with Gasteiger partial charge in [-0.15, -0.1) is 0 Å². The van der Waals surface area contributed by atoms with E-state index >= 15 is 0 Å². The predicted molar refractivity (Wildman–Crippen MR) is 69.5 cm³/mol. The van der Waals surface area contributed by atoms with Crippen molar-refractivity contribution in [2.75, 3.05) is 5.75 Å². The van der Waals surface area contributed by atoms with Crippen molar-refractivity contribution in [2.24, 2.45) is 10.8 Å². The quantitative estimate of drug-likeness (QED) is 0.453. The smallest absolute Gasteiger partial charge is 0.184 e. The van der Waals surface area contributed by atoms with E-state index in [4.69, 9.17) is 5.73 Å². The average molecular weight is 305 g/mol. The first-order valence-corrected chi connectivity index (χ1v) is 7.21. The molecule has 0 atom stereocenters. The van der Waals surface area contributed by atoms with E-state index in [0.717, 1.165) is 6.07 Å². The monoisotopic (exact) mass is 305 g/mol. The first-order valence-electron chi connectivity index (χ1n) is 5.15. The number of hydrogen-bond donors (Lipinski definition) is 2. The lowest BCUT2D eigenvalue weighted by molar-refractivity contribution is 0.503. The van der Waals surface area contributed by atoms with Crippen molar-refractivity contribution in [3.63, 3.8) is 0 Å². The van der Waals surface area contributed by atoms with Crippen LogP contribution in [0.15, 0.2) is 22.1 Å². The van der Waals surface area contributed by atoms with Crippen molar-refractivity contribution in [1.29, 1.82) is 0 Å². The molecule has 0 saturated carbocycles. The number of hydrogen-bond acceptors (Lipinski definition) is 4. The van der Waals surface area contributed by atoms with E-state index in [1.807, 2.05) is 0 Å². The summed E-state index contributed by atoms with van der Waals surface area (Å²) in [7, 11) is -3.63. The van der Waals surface area contributed by atoms with Crippen molar-refractivity contribution < 1.29 is 17.2 Å². The molecule has 1 aliphatic rings. The summed E-state index contributed by atoms with van der Waals surface area (Å²) in [5, 5.41) is 3.70. The fourth-order valence-corrected chi connectivity index (χ4v) is 3.25. The third-order valence-corrected chi connectivity index (χ3v) is 4.42. The normalized spacial score (nSPS) is 18.9. The molecular weight excluding hydrogens is 296 g/mol. The number of hydrazone groups is 1. The van der Waals surface area contributed by atoms with Crippen LogP contribution in [0.1, 0.15) is 12.0 Å². The Morgan fingerprint density at radius 1 is 1.37 bits per heavy atom. The highest BCUT2D eigenvalue weighted by molar-refractivity contribution is 7.91. The van der Waals surface area contributed by atoms with Gasteiger partial charge < -0.3 is 5.73 Å². The van der Waals surface area contributed by atoms with Crippen molar-refractivity contribution in [2.45, 2.75) is 11.3 Å². The zero-order valence-electron chi connectivity index (χ0n) is 9.48. The molecule has 2 rings (SSSR count). The van der Waals surface area contributed by atoms with E-state index in [-0.39, 0.29) is 33.5 Å². The molecule has 1 aromatic carbocycles. The number of rotatable bonds is 1. The van der Waals surface area contributed by atoms with E-state index in [9.17, 15) is 17.2 Å². The summed E-state index contributed by atoms with van der Waals surface area (Å²) >= 11 is 4.56. The third kappa shape index (κ3) is 2.71. The van der Waals surface area contributed by atoms with E-state index in [1.165, 1.54) is 0 Å². The summed E-state index contributed by atoms with van der Waals surface area (Å²) < 4.78 is 50.0. The molecule has 102 valence electrons.